The highest BCUT2D eigenvalue weighted by Gasteiger charge is 2.51. The number of rotatable bonds is 0. The first kappa shape index (κ1) is 11.2. The zero-order chi connectivity index (χ0) is 11.8. The van der Waals surface area contributed by atoms with Crippen molar-refractivity contribution >= 4 is 5.71 Å². The third kappa shape index (κ3) is 1.37. The molecule has 0 unspecified atom stereocenters. The lowest BCUT2D eigenvalue weighted by Gasteiger charge is -2.49. The number of terminal acetylenes is 1. The maximum atomic E-state index is 10.5. The van der Waals surface area contributed by atoms with Crippen LogP contribution in [0.2, 0.25) is 0 Å². The van der Waals surface area contributed by atoms with Crippen molar-refractivity contribution in [2.45, 2.75) is 44.6 Å². The fourth-order valence-electron chi connectivity index (χ4n) is 2.91. The standard InChI is InChI=1S/C13H17NO2/c1-3-13(15)7-4-5-10-9-11(14-16)6-8-12(10,13)2/h1,9,15-16H,4-8H2,2H3/t12-,13-/m1/s1. The molecule has 3 heteroatoms. The Morgan fingerprint density at radius 3 is 2.81 bits per heavy atom. The molecular weight excluding hydrogens is 202 g/mol. The lowest BCUT2D eigenvalue weighted by atomic mass is 9.57. The van der Waals surface area contributed by atoms with Gasteiger partial charge < -0.3 is 10.3 Å². The SMILES string of the molecule is C#C[C@@]1(O)CCCC2=CC(=NO)CC[C@]21C. The molecule has 86 valence electrons. The summed E-state index contributed by atoms with van der Waals surface area (Å²) in [6.07, 6.45) is 11.3. The van der Waals surface area contributed by atoms with Crippen molar-refractivity contribution in [1.82, 2.24) is 0 Å². The Hall–Kier alpha value is -1.27. The number of nitrogens with zero attached hydrogens (tertiary/aromatic N) is 1. The van der Waals surface area contributed by atoms with E-state index in [0.717, 1.165) is 24.8 Å². The van der Waals surface area contributed by atoms with Gasteiger partial charge >= 0.3 is 0 Å². The van der Waals surface area contributed by atoms with Gasteiger partial charge in [-0.25, -0.2) is 0 Å². The van der Waals surface area contributed by atoms with Crippen molar-refractivity contribution in [3.63, 3.8) is 0 Å². The van der Waals surface area contributed by atoms with Gasteiger partial charge in [-0.15, -0.1) is 6.42 Å². The second-order valence-electron chi connectivity index (χ2n) is 4.95. The van der Waals surface area contributed by atoms with Gasteiger partial charge in [-0.2, -0.15) is 0 Å². The zero-order valence-corrected chi connectivity index (χ0v) is 9.53. The number of allylic oxidation sites excluding steroid dienone is 1. The average Bonchev–Trinajstić information content (AvgIpc) is 2.30. The molecule has 0 aromatic heterocycles. The molecule has 16 heavy (non-hydrogen) atoms. The zero-order valence-electron chi connectivity index (χ0n) is 9.53. The number of fused-ring (bicyclic) bond motifs is 1. The summed E-state index contributed by atoms with van der Waals surface area (Å²) in [4.78, 5) is 0. The van der Waals surface area contributed by atoms with Crippen LogP contribution in [0.5, 0.6) is 0 Å². The largest absolute Gasteiger partial charge is 0.411 e. The van der Waals surface area contributed by atoms with Crippen molar-refractivity contribution in [3.8, 4) is 12.3 Å². The summed E-state index contributed by atoms with van der Waals surface area (Å²) in [5, 5.41) is 22.6. The molecule has 0 spiro atoms. The highest BCUT2D eigenvalue weighted by molar-refractivity contribution is 5.96. The Balaban J connectivity index is 2.46. The van der Waals surface area contributed by atoms with Crippen LogP contribution in [0.15, 0.2) is 16.8 Å². The molecule has 0 bridgehead atoms. The third-order valence-corrected chi connectivity index (χ3v) is 4.20. The minimum Gasteiger partial charge on any atom is -0.411 e. The van der Waals surface area contributed by atoms with E-state index in [1.807, 2.05) is 13.0 Å². The monoisotopic (exact) mass is 219 g/mol. The number of oxime groups is 1. The normalized spacial score (nSPS) is 41.1. The molecule has 3 nitrogen and oxygen atoms in total. The molecule has 0 heterocycles. The van der Waals surface area contributed by atoms with Gasteiger partial charge in [0.2, 0.25) is 0 Å². The lowest BCUT2D eigenvalue weighted by molar-refractivity contribution is -0.0324. The molecule has 2 N–H and O–H groups in total. The summed E-state index contributed by atoms with van der Waals surface area (Å²) in [6.45, 7) is 2.02. The first-order valence-electron chi connectivity index (χ1n) is 5.68. The average molecular weight is 219 g/mol. The topological polar surface area (TPSA) is 52.8 Å². The van der Waals surface area contributed by atoms with Gasteiger partial charge in [0.1, 0.15) is 5.60 Å². The van der Waals surface area contributed by atoms with Crippen LogP contribution in [-0.4, -0.2) is 21.6 Å². The van der Waals surface area contributed by atoms with E-state index in [2.05, 4.69) is 11.1 Å². The Bertz CT molecular complexity index is 405. The van der Waals surface area contributed by atoms with Crippen LogP contribution in [0, 0.1) is 17.8 Å². The molecule has 0 radical (unpaired) electrons. The van der Waals surface area contributed by atoms with Crippen LogP contribution in [-0.2, 0) is 0 Å². The van der Waals surface area contributed by atoms with E-state index in [9.17, 15) is 5.11 Å². The Labute approximate surface area is 95.9 Å². The number of hydrogen-bond donors (Lipinski definition) is 2. The van der Waals surface area contributed by atoms with E-state index in [1.165, 1.54) is 0 Å². The van der Waals surface area contributed by atoms with Crippen LogP contribution in [0.1, 0.15) is 39.0 Å². The van der Waals surface area contributed by atoms with E-state index in [0.29, 0.717) is 18.6 Å². The molecule has 0 aliphatic heterocycles. The van der Waals surface area contributed by atoms with Crippen molar-refractivity contribution in [2.24, 2.45) is 10.6 Å². The van der Waals surface area contributed by atoms with E-state index >= 15 is 0 Å². The molecule has 2 rings (SSSR count). The van der Waals surface area contributed by atoms with E-state index in [-0.39, 0.29) is 5.41 Å². The molecular formula is C13H17NO2. The van der Waals surface area contributed by atoms with Crippen molar-refractivity contribution in [1.29, 1.82) is 0 Å². The third-order valence-electron chi connectivity index (χ3n) is 4.20. The summed E-state index contributed by atoms with van der Waals surface area (Å²) in [7, 11) is 0. The highest BCUT2D eigenvalue weighted by Crippen LogP contribution is 2.52. The molecule has 2 aliphatic rings. The quantitative estimate of drug-likeness (QED) is 0.372. The van der Waals surface area contributed by atoms with Crippen LogP contribution in [0.25, 0.3) is 0 Å². The second-order valence-corrected chi connectivity index (χ2v) is 4.95. The molecule has 1 fully saturated rings. The van der Waals surface area contributed by atoms with E-state index in [4.69, 9.17) is 11.6 Å². The Morgan fingerprint density at radius 1 is 1.44 bits per heavy atom. The lowest BCUT2D eigenvalue weighted by Crippen LogP contribution is -2.50. The minimum absolute atomic E-state index is 0.353. The molecule has 2 atom stereocenters. The van der Waals surface area contributed by atoms with Gasteiger partial charge in [0, 0.05) is 5.41 Å². The van der Waals surface area contributed by atoms with Crippen molar-refractivity contribution in [2.75, 3.05) is 0 Å². The summed E-state index contributed by atoms with van der Waals surface area (Å²) < 4.78 is 0. The van der Waals surface area contributed by atoms with Crippen LogP contribution < -0.4 is 0 Å². The van der Waals surface area contributed by atoms with Gasteiger partial charge in [0.25, 0.3) is 0 Å². The van der Waals surface area contributed by atoms with Crippen molar-refractivity contribution in [3.05, 3.63) is 11.6 Å². The molecule has 0 aromatic carbocycles. The van der Waals surface area contributed by atoms with Gasteiger partial charge in [0.15, 0.2) is 0 Å². The second kappa shape index (κ2) is 3.64. The summed E-state index contributed by atoms with van der Waals surface area (Å²) >= 11 is 0. The van der Waals surface area contributed by atoms with Gasteiger partial charge in [-0.1, -0.05) is 23.6 Å². The first-order chi connectivity index (χ1) is 7.55. The predicted molar refractivity (Wildman–Crippen MR) is 62.3 cm³/mol. The molecule has 1 saturated carbocycles. The summed E-state index contributed by atoms with van der Waals surface area (Å²) in [5.74, 6) is 2.57. The Morgan fingerprint density at radius 2 is 2.19 bits per heavy atom. The fraction of sp³-hybridized carbons (Fsp3) is 0.615. The van der Waals surface area contributed by atoms with Crippen molar-refractivity contribution < 1.29 is 10.3 Å². The Kier molecular flexibility index (Phi) is 2.55. The van der Waals surface area contributed by atoms with Crippen LogP contribution >= 0.6 is 0 Å². The maximum absolute atomic E-state index is 10.5. The fourth-order valence-corrected chi connectivity index (χ4v) is 2.91. The molecule has 0 amide bonds. The van der Waals surface area contributed by atoms with Crippen LogP contribution in [0.4, 0.5) is 0 Å². The molecule has 0 aromatic rings. The predicted octanol–water partition coefficient (Wildman–Crippen LogP) is 2.09. The van der Waals surface area contributed by atoms with Gasteiger partial charge in [0.05, 0.1) is 5.71 Å². The van der Waals surface area contributed by atoms with Gasteiger partial charge in [-0.3, -0.25) is 0 Å². The summed E-state index contributed by atoms with van der Waals surface area (Å²) in [6, 6.07) is 0. The van der Waals surface area contributed by atoms with Gasteiger partial charge in [-0.05, 0) is 38.2 Å². The van der Waals surface area contributed by atoms with E-state index < -0.39 is 5.60 Å². The molecule has 2 aliphatic carbocycles. The van der Waals surface area contributed by atoms with Crippen LogP contribution in [0.3, 0.4) is 0 Å². The highest BCUT2D eigenvalue weighted by atomic mass is 16.4. The smallest absolute Gasteiger partial charge is 0.134 e. The minimum atomic E-state index is -1.04. The number of aliphatic hydroxyl groups is 1. The van der Waals surface area contributed by atoms with E-state index in [1.54, 1.807) is 0 Å². The summed E-state index contributed by atoms with van der Waals surface area (Å²) in [5.41, 5.74) is 0.415. The maximum Gasteiger partial charge on any atom is 0.134 e. The number of hydrogen-bond acceptors (Lipinski definition) is 3. The first-order valence-corrected chi connectivity index (χ1v) is 5.68. The molecule has 0 saturated heterocycles.